The van der Waals surface area contributed by atoms with Gasteiger partial charge in [-0.3, -0.25) is 4.98 Å². The molecule has 1 heterocycles. The summed E-state index contributed by atoms with van der Waals surface area (Å²) in [7, 11) is 0. The van der Waals surface area contributed by atoms with Crippen LogP contribution < -0.4 is 4.74 Å². The predicted molar refractivity (Wildman–Crippen MR) is 67.4 cm³/mol. The van der Waals surface area contributed by atoms with Crippen molar-refractivity contribution in [3.8, 4) is 5.75 Å². The van der Waals surface area contributed by atoms with Crippen molar-refractivity contribution in [3.63, 3.8) is 0 Å². The molecule has 1 aromatic carbocycles. The van der Waals surface area contributed by atoms with Gasteiger partial charge in [0.25, 0.3) is 0 Å². The lowest BCUT2D eigenvalue weighted by molar-refractivity contribution is -0.139. The number of aromatic nitrogens is 1. The Morgan fingerprint density at radius 2 is 2.11 bits per heavy atom. The first kappa shape index (κ1) is 14.1. The molecular formula is C12H9ClF3NOS. The average Bonchev–Trinajstić information content (AvgIpc) is 2.88. The monoisotopic (exact) mass is 307 g/mol. The zero-order valence-corrected chi connectivity index (χ0v) is 11.1. The van der Waals surface area contributed by atoms with E-state index in [0.717, 1.165) is 10.9 Å². The third-order valence-electron chi connectivity index (χ3n) is 2.36. The Labute approximate surface area is 116 Å². The van der Waals surface area contributed by atoms with Crippen molar-refractivity contribution in [2.24, 2.45) is 0 Å². The number of rotatable bonds is 4. The van der Waals surface area contributed by atoms with E-state index in [9.17, 15) is 13.2 Å². The predicted octanol–water partition coefficient (Wildman–Crippen LogP) is 4.48. The molecule has 19 heavy (non-hydrogen) atoms. The number of nitrogens with zero attached hydrogens (tertiary/aromatic N) is 1. The maximum Gasteiger partial charge on any atom is 0.419 e. The van der Waals surface area contributed by atoms with E-state index in [0.29, 0.717) is 5.56 Å². The fourth-order valence-electron chi connectivity index (χ4n) is 1.47. The van der Waals surface area contributed by atoms with Gasteiger partial charge in [-0.2, -0.15) is 13.2 Å². The van der Waals surface area contributed by atoms with E-state index in [1.54, 1.807) is 11.7 Å². The number of halogens is 4. The Morgan fingerprint density at radius 1 is 1.32 bits per heavy atom. The second-order valence-electron chi connectivity index (χ2n) is 3.72. The fourth-order valence-corrected chi connectivity index (χ4v) is 2.14. The summed E-state index contributed by atoms with van der Waals surface area (Å²) >= 11 is 6.87. The zero-order chi connectivity index (χ0) is 13.9. The van der Waals surface area contributed by atoms with Crippen molar-refractivity contribution in [2.75, 3.05) is 0 Å². The van der Waals surface area contributed by atoms with Crippen molar-refractivity contribution in [3.05, 3.63) is 45.9 Å². The Bertz CT molecular complexity index is 542. The lowest BCUT2D eigenvalue weighted by Crippen LogP contribution is -2.09. The van der Waals surface area contributed by atoms with E-state index < -0.39 is 11.7 Å². The van der Waals surface area contributed by atoms with Crippen LogP contribution in [0.25, 0.3) is 0 Å². The smallest absolute Gasteiger partial charge is 0.419 e. The third-order valence-corrected chi connectivity index (χ3v) is 3.42. The summed E-state index contributed by atoms with van der Waals surface area (Å²) in [6.07, 6.45) is -2.91. The zero-order valence-electron chi connectivity index (χ0n) is 9.58. The van der Waals surface area contributed by atoms with Gasteiger partial charge in [-0.1, -0.05) is 6.07 Å². The first-order valence-corrected chi connectivity index (χ1v) is 6.68. The Morgan fingerprint density at radius 3 is 2.68 bits per heavy atom. The van der Waals surface area contributed by atoms with Gasteiger partial charge in [0, 0.05) is 12.1 Å². The van der Waals surface area contributed by atoms with Crippen molar-refractivity contribution >= 4 is 22.9 Å². The van der Waals surface area contributed by atoms with Crippen LogP contribution >= 0.6 is 22.9 Å². The van der Waals surface area contributed by atoms with E-state index in [1.807, 2.05) is 0 Å². The molecule has 1 aromatic heterocycles. The molecule has 0 unspecified atom stereocenters. The minimum atomic E-state index is -4.47. The third kappa shape index (κ3) is 3.61. The molecule has 2 rings (SSSR count). The molecule has 2 aromatic rings. The Kier molecular flexibility index (Phi) is 4.31. The van der Waals surface area contributed by atoms with Gasteiger partial charge in [0.15, 0.2) is 0 Å². The summed E-state index contributed by atoms with van der Waals surface area (Å²) in [5.41, 5.74) is 1.19. The van der Waals surface area contributed by atoms with Gasteiger partial charge in [-0.05, 0) is 17.7 Å². The molecule has 2 nitrogen and oxygen atoms in total. The first-order chi connectivity index (χ1) is 9.00. The molecule has 7 heteroatoms. The number of benzene rings is 1. The molecule has 0 spiro atoms. The van der Waals surface area contributed by atoms with Crippen LogP contribution in [0.5, 0.6) is 5.75 Å². The van der Waals surface area contributed by atoms with Gasteiger partial charge in [-0.25, -0.2) is 0 Å². The van der Waals surface area contributed by atoms with E-state index >= 15 is 0 Å². The number of alkyl halides is 4. The highest BCUT2D eigenvalue weighted by Gasteiger charge is 2.34. The van der Waals surface area contributed by atoms with Crippen molar-refractivity contribution in [2.45, 2.75) is 18.7 Å². The summed E-state index contributed by atoms with van der Waals surface area (Å²) in [5, 5.41) is 0. The fraction of sp³-hybridized carbons (Fsp3) is 0.250. The maximum absolute atomic E-state index is 12.9. The molecule has 0 saturated heterocycles. The number of hydrogen-bond donors (Lipinski definition) is 0. The molecular weight excluding hydrogens is 299 g/mol. The lowest BCUT2D eigenvalue weighted by atomic mass is 10.1. The van der Waals surface area contributed by atoms with Crippen LogP contribution in [0.4, 0.5) is 13.2 Å². The van der Waals surface area contributed by atoms with Gasteiger partial charge < -0.3 is 4.74 Å². The highest BCUT2D eigenvalue weighted by Crippen LogP contribution is 2.37. The van der Waals surface area contributed by atoms with Crippen LogP contribution in [0.15, 0.2) is 29.9 Å². The summed E-state index contributed by atoms with van der Waals surface area (Å²) in [6.45, 7) is 0.0635. The SMILES string of the molecule is FC(F)(F)c1cc(CCl)ccc1OCc1cncs1. The molecule has 102 valence electrons. The molecule has 0 amide bonds. The minimum absolute atomic E-state index is 0.0260. The van der Waals surface area contributed by atoms with E-state index in [2.05, 4.69) is 4.98 Å². The number of thiazole rings is 1. The molecule has 0 aliphatic carbocycles. The molecule has 0 fully saturated rings. The highest BCUT2D eigenvalue weighted by atomic mass is 35.5. The van der Waals surface area contributed by atoms with E-state index in [4.69, 9.17) is 16.3 Å². The van der Waals surface area contributed by atoms with Crippen LogP contribution in [-0.2, 0) is 18.7 Å². The van der Waals surface area contributed by atoms with Crippen LogP contribution in [0.2, 0.25) is 0 Å². The molecule has 0 saturated carbocycles. The minimum Gasteiger partial charge on any atom is -0.487 e. The highest BCUT2D eigenvalue weighted by molar-refractivity contribution is 7.09. The van der Waals surface area contributed by atoms with Crippen LogP contribution in [0, 0.1) is 0 Å². The topological polar surface area (TPSA) is 22.1 Å². The van der Waals surface area contributed by atoms with Gasteiger partial charge >= 0.3 is 6.18 Å². The van der Waals surface area contributed by atoms with Crippen LogP contribution in [0.3, 0.4) is 0 Å². The largest absolute Gasteiger partial charge is 0.487 e. The van der Waals surface area contributed by atoms with E-state index in [-0.39, 0.29) is 18.2 Å². The van der Waals surface area contributed by atoms with Crippen LogP contribution in [-0.4, -0.2) is 4.98 Å². The van der Waals surface area contributed by atoms with Crippen molar-refractivity contribution < 1.29 is 17.9 Å². The molecule has 0 radical (unpaired) electrons. The van der Waals surface area contributed by atoms with Gasteiger partial charge in [0.2, 0.25) is 0 Å². The molecule has 0 atom stereocenters. The summed E-state index contributed by atoms with van der Waals surface area (Å²) < 4.78 is 43.9. The van der Waals surface area contributed by atoms with Crippen molar-refractivity contribution in [1.82, 2.24) is 4.98 Å². The van der Waals surface area contributed by atoms with E-state index in [1.165, 1.54) is 23.5 Å². The first-order valence-electron chi connectivity index (χ1n) is 5.27. The summed E-state index contributed by atoms with van der Waals surface area (Å²) in [6, 6.07) is 3.82. The average molecular weight is 308 g/mol. The maximum atomic E-state index is 12.9. The summed E-state index contributed by atoms with van der Waals surface area (Å²) in [5.74, 6) is -0.173. The standard InChI is InChI=1S/C12H9ClF3NOS/c13-4-8-1-2-11(10(3-8)12(14,15)16)18-6-9-5-17-7-19-9/h1-3,5,7H,4,6H2. The molecule has 0 aliphatic heterocycles. The molecule has 0 N–H and O–H groups in total. The van der Waals surface area contributed by atoms with Gasteiger partial charge in [0.05, 0.1) is 16.0 Å². The molecule has 0 aliphatic rings. The Balaban J connectivity index is 2.23. The lowest BCUT2D eigenvalue weighted by Gasteiger charge is -2.14. The second-order valence-corrected chi connectivity index (χ2v) is 4.96. The summed E-state index contributed by atoms with van der Waals surface area (Å²) in [4.78, 5) is 4.59. The number of hydrogen-bond acceptors (Lipinski definition) is 3. The second kappa shape index (κ2) is 5.79. The number of ether oxygens (including phenoxy) is 1. The quantitative estimate of drug-likeness (QED) is 0.777. The van der Waals surface area contributed by atoms with Gasteiger partial charge in [-0.15, -0.1) is 22.9 Å². The van der Waals surface area contributed by atoms with Crippen LogP contribution in [0.1, 0.15) is 16.0 Å². The molecule has 0 bridgehead atoms. The van der Waals surface area contributed by atoms with Gasteiger partial charge in [0.1, 0.15) is 12.4 Å². The normalized spacial score (nSPS) is 11.6. The Hall–Kier alpha value is -1.27. The van der Waals surface area contributed by atoms with Crippen molar-refractivity contribution in [1.29, 1.82) is 0 Å².